The molecule has 0 amide bonds. The van der Waals surface area contributed by atoms with E-state index < -0.39 is 0 Å². The zero-order chi connectivity index (χ0) is 12.9. The number of aliphatic hydroxyl groups is 1. The van der Waals surface area contributed by atoms with Crippen LogP contribution in [0.2, 0.25) is 0 Å². The third-order valence-electron chi connectivity index (χ3n) is 4.08. The molecule has 0 saturated carbocycles. The maximum Gasteiger partial charge on any atom is 0.0775 e. The van der Waals surface area contributed by atoms with Crippen LogP contribution in [0.15, 0.2) is 0 Å². The Hall–Kier alpha value is -0.160. The van der Waals surface area contributed by atoms with Crippen LogP contribution in [0, 0.1) is 5.92 Å². The van der Waals surface area contributed by atoms with Gasteiger partial charge in [-0.2, -0.15) is 0 Å². The van der Waals surface area contributed by atoms with E-state index in [0.717, 1.165) is 32.5 Å². The first kappa shape index (κ1) is 14.9. The Morgan fingerprint density at radius 3 is 2.71 bits per heavy atom. The molecular weight excluding hydrogens is 216 g/mol. The minimum absolute atomic E-state index is 0.134. The van der Waals surface area contributed by atoms with Gasteiger partial charge >= 0.3 is 0 Å². The molecule has 1 aliphatic rings. The van der Waals surface area contributed by atoms with Crippen LogP contribution in [0.5, 0.6) is 0 Å². The summed E-state index contributed by atoms with van der Waals surface area (Å²) in [4.78, 5) is 2.44. The fourth-order valence-electron chi connectivity index (χ4n) is 2.56. The molecule has 4 heteroatoms. The highest BCUT2D eigenvalue weighted by atomic mass is 16.5. The number of nitrogens with zero attached hydrogens (tertiary/aromatic N) is 1. The molecule has 1 rings (SSSR count). The van der Waals surface area contributed by atoms with E-state index in [1.165, 1.54) is 0 Å². The average Bonchev–Trinajstić information content (AvgIpc) is 2.77. The first-order valence-corrected chi connectivity index (χ1v) is 6.59. The highest BCUT2D eigenvalue weighted by Gasteiger charge is 2.29. The quantitative estimate of drug-likeness (QED) is 0.692. The maximum absolute atomic E-state index is 9.12. The lowest BCUT2D eigenvalue weighted by atomic mass is 9.95. The molecule has 0 aromatic rings. The van der Waals surface area contributed by atoms with Crippen molar-refractivity contribution in [2.24, 2.45) is 5.92 Å². The second-order valence-corrected chi connectivity index (χ2v) is 5.58. The van der Waals surface area contributed by atoms with Gasteiger partial charge in [0.1, 0.15) is 0 Å². The van der Waals surface area contributed by atoms with Crippen molar-refractivity contribution in [1.29, 1.82) is 0 Å². The first-order chi connectivity index (χ1) is 8.03. The Bertz CT molecular complexity index is 221. The van der Waals surface area contributed by atoms with Gasteiger partial charge in [0.05, 0.1) is 5.60 Å². The van der Waals surface area contributed by atoms with Gasteiger partial charge in [-0.3, -0.25) is 0 Å². The van der Waals surface area contributed by atoms with Crippen LogP contribution >= 0.6 is 0 Å². The van der Waals surface area contributed by atoms with Gasteiger partial charge in [-0.15, -0.1) is 0 Å². The largest absolute Gasteiger partial charge is 0.396 e. The Kier molecular flexibility index (Phi) is 5.86. The normalized spacial score (nSPS) is 24.2. The minimum Gasteiger partial charge on any atom is -0.396 e. The van der Waals surface area contributed by atoms with Crippen molar-refractivity contribution in [2.45, 2.75) is 38.3 Å². The fraction of sp³-hybridized carbons (Fsp3) is 1.00. The summed E-state index contributed by atoms with van der Waals surface area (Å²) in [5.74, 6) is 0.485. The summed E-state index contributed by atoms with van der Waals surface area (Å²) >= 11 is 0. The second kappa shape index (κ2) is 6.69. The van der Waals surface area contributed by atoms with E-state index in [4.69, 9.17) is 9.84 Å². The van der Waals surface area contributed by atoms with Crippen molar-refractivity contribution in [1.82, 2.24) is 10.2 Å². The fourth-order valence-corrected chi connectivity index (χ4v) is 2.56. The molecule has 0 aromatic heterocycles. The number of hydrogen-bond acceptors (Lipinski definition) is 4. The van der Waals surface area contributed by atoms with Crippen molar-refractivity contribution < 1.29 is 9.84 Å². The molecule has 0 aromatic carbocycles. The van der Waals surface area contributed by atoms with Gasteiger partial charge in [-0.25, -0.2) is 0 Å². The van der Waals surface area contributed by atoms with Gasteiger partial charge in [0, 0.05) is 26.3 Å². The average molecular weight is 244 g/mol. The SMILES string of the molecule is CNC(CCN1CCC(CO)C1)C(C)(C)OC. The molecule has 0 aliphatic carbocycles. The van der Waals surface area contributed by atoms with E-state index in [9.17, 15) is 0 Å². The van der Waals surface area contributed by atoms with E-state index in [1.807, 2.05) is 7.05 Å². The Morgan fingerprint density at radius 1 is 1.53 bits per heavy atom. The standard InChI is InChI=1S/C13H28N2O2/c1-13(2,17-4)12(14-3)6-8-15-7-5-11(9-15)10-16/h11-12,14,16H,5-10H2,1-4H3. The minimum atomic E-state index is -0.134. The van der Waals surface area contributed by atoms with Crippen molar-refractivity contribution in [3.8, 4) is 0 Å². The summed E-state index contributed by atoms with van der Waals surface area (Å²) in [7, 11) is 3.76. The summed E-state index contributed by atoms with van der Waals surface area (Å²) in [5.41, 5.74) is -0.134. The number of ether oxygens (including phenoxy) is 1. The third-order valence-corrected chi connectivity index (χ3v) is 4.08. The van der Waals surface area contributed by atoms with Crippen LogP contribution in [-0.4, -0.2) is 62.0 Å². The molecule has 2 N–H and O–H groups in total. The zero-order valence-corrected chi connectivity index (χ0v) is 11.7. The first-order valence-electron chi connectivity index (χ1n) is 6.59. The van der Waals surface area contributed by atoms with Crippen molar-refractivity contribution >= 4 is 0 Å². The Morgan fingerprint density at radius 2 is 2.24 bits per heavy atom. The summed E-state index contributed by atoms with van der Waals surface area (Å²) in [6.45, 7) is 7.81. The number of aliphatic hydroxyl groups excluding tert-OH is 1. The lowest BCUT2D eigenvalue weighted by Crippen LogP contribution is -2.48. The van der Waals surface area contributed by atoms with Gasteiger partial charge in [0.25, 0.3) is 0 Å². The second-order valence-electron chi connectivity index (χ2n) is 5.58. The smallest absolute Gasteiger partial charge is 0.0775 e. The molecule has 2 unspecified atom stereocenters. The van der Waals surface area contributed by atoms with Crippen molar-refractivity contribution in [3.05, 3.63) is 0 Å². The Balaban J connectivity index is 2.34. The molecule has 1 saturated heterocycles. The molecule has 0 radical (unpaired) electrons. The molecule has 0 bridgehead atoms. The maximum atomic E-state index is 9.12. The van der Waals surface area contributed by atoms with E-state index >= 15 is 0 Å². The van der Waals surface area contributed by atoms with E-state index in [0.29, 0.717) is 18.6 Å². The number of likely N-dealkylation sites (N-methyl/N-ethyl adjacent to an activating group) is 1. The topological polar surface area (TPSA) is 44.7 Å². The zero-order valence-electron chi connectivity index (χ0n) is 11.7. The van der Waals surface area contributed by atoms with E-state index in [2.05, 4.69) is 24.1 Å². The Labute approximate surface area is 105 Å². The van der Waals surface area contributed by atoms with Gasteiger partial charge in [0.15, 0.2) is 0 Å². The monoisotopic (exact) mass is 244 g/mol. The van der Waals surface area contributed by atoms with Gasteiger partial charge in [-0.05, 0) is 52.7 Å². The van der Waals surface area contributed by atoms with Gasteiger partial charge in [-0.1, -0.05) is 0 Å². The van der Waals surface area contributed by atoms with E-state index in [-0.39, 0.29) is 5.60 Å². The summed E-state index contributed by atoms with van der Waals surface area (Å²) < 4.78 is 5.53. The number of hydrogen-bond donors (Lipinski definition) is 2. The molecule has 1 aliphatic heterocycles. The molecule has 1 fully saturated rings. The van der Waals surface area contributed by atoms with Crippen molar-refractivity contribution in [2.75, 3.05) is 40.4 Å². The lowest BCUT2D eigenvalue weighted by Gasteiger charge is -2.34. The predicted molar refractivity (Wildman–Crippen MR) is 70.2 cm³/mol. The summed E-state index contributed by atoms with van der Waals surface area (Å²) in [5, 5.41) is 12.5. The van der Waals surface area contributed by atoms with Crippen molar-refractivity contribution in [3.63, 3.8) is 0 Å². The lowest BCUT2D eigenvalue weighted by molar-refractivity contribution is -0.0124. The molecular formula is C13H28N2O2. The highest BCUT2D eigenvalue weighted by molar-refractivity contribution is 4.86. The van der Waals surface area contributed by atoms with E-state index in [1.54, 1.807) is 7.11 Å². The van der Waals surface area contributed by atoms with Crippen LogP contribution < -0.4 is 5.32 Å². The van der Waals surface area contributed by atoms with Gasteiger partial charge < -0.3 is 20.1 Å². The predicted octanol–water partition coefficient (Wildman–Crippen LogP) is 0.704. The van der Waals surface area contributed by atoms with Crippen LogP contribution in [0.1, 0.15) is 26.7 Å². The van der Waals surface area contributed by atoms with Crippen LogP contribution in [-0.2, 0) is 4.74 Å². The number of nitrogens with one attached hydrogen (secondary N) is 1. The van der Waals surface area contributed by atoms with Gasteiger partial charge in [0.2, 0.25) is 0 Å². The molecule has 4 nitrogen and oxygen atoms in total. The third kappa shape index (κ3) is 4.21. The number of likely N-dealkylation sites (tertiary alicyclic amines) is 1. The van der Waals surface area contributed by atoms with Crippen LogP contribution in [0.4, 0.5) is 0 Å². The number of rotatable bonds is 7. The number of methoxy groups -OCH3 is 1. The molecule has 102 valence electrons. The molecule has 2 atom stereocenters. The molecule has 1 heterocycles. The molecule has 17 heavy (non-hydrogen) atoms. The van der Waals surface area contributed by atoms with Crippen LogP contribution in [0.25, 0.3) is 0 Å². The van der Waals surface area contributed by atoms with Crippen LogP contribution in [0.3, 0.4) is 0 Å². The highest BCUT2D eigenvalue weighted by Crippen LogP contribution is 2.20. The summed E-state index contributed by atoms with van der Waals surface area (Å²) in [6.07, 6.45) is 2.21. The summed E-state index contributed by atoms with van der Waals surface area (Å²) in [6, 6.07) is 0.362. The molecule has 0 spiro atoms.